The first-order chi connectivity index (χ1) is 7.31. The Hall–Kier alpha value is -1.52. The van der Waals surface area contributed by atoms with Crippen LogP contribution in [0.25, 0.3) is 0 Å². The molecule has 92 valence electrons. The summed E-state index contributed by atoms with van der Waals surface area (Å²) < 4.78 is 0. The predicted molar refractivity (Wildman–Crippen MR) is 62.3 cm³/mol. The molecule has 0 aromatic rings. The van der Waals surface area contributed by atoms with E-state index in [4.69, 9.17) is 5.11 Å². The van der Waals surface area contributed by atoms with Gasteiger partial charge in [0.25, 0.3) is 0 Å². The molecule has 5 nitrogen and oxygen atoms in total. The molecule has 0 fully saturated rings. The van der Waals surface area contributed by atoms with Crippen molar-refractivity contribution in [2.24, 2.45) is 0 Å². The van der Waals surface area contributed by atoms with E-state index in [9.17, 15) is 9.59 Å². The van der Waals surface area contributed by atoms with Crippen molar-refractivity contribution < 1.29 is 14.7 Å². The minimum Gasteiger partial charge on any atom is -0.480 e. The van der Waals surface area contributed by atoms with Gasteiger partial charge in [0.05, 0.1) is 0 Å². The summed E-state index contributed by atoms with van der Waals surface area (Å²) in [5.41, 5.74) is -0.406. The largest absolute Gasteiger partial charge is 0.480 e. The fourth-order valence-corrected chi connectivity index (χ4v) is 1.25. The fraction of sp³-hybridized carbons (Fsp3) is 0.636. The van der Waals surface area contributed by atoms with Gasteiger partial charge in [0.15, 0.2) is 0 Å². The summed E-state index contributed by atoms with van der Waals surface area (Å²) in [6.45, 7) is 9.13. The van der Waals surface area contributed by atoms with Crippen molar-refractivity contribution in [1.29, 1.82) is 0 Å². The predicted octanol–water partition coefficient (Wildman–Crippen LogP) is 1.51. The molecular weight excluding hydrogens is 208 g/mol. The van der Waals surface area contributed by atoms with Crippen LogP contribution in [0.1, 0.15) is 33.6 Å². The molecule has 2 amide bonds. The zero-order valence-corrected chi connectivity index (χ0v) is 10.1. The number of amides is 2. The van der Waals surface area contributed by atoms with Crippen molar-refractivity contribution in [3.05, 3.63) is 12.2 Å². The number of hydrogen-bond acceptors (Lipinski definition) is 2. The zero-order chi connectivity index (χ0) is 12.8. The summed E-state index contributed by atoms with van der Waals surface area (Å²) in [6.07, 6.45) is 1.08. The molecule has 0 bridgehead atoms. The van der Waals surface area contributed by atoms with Crippen LogP contribution in [0.3, 0.4) is 0 Å². The lowest BCUT2D eigenvalue weighted by molar-refractivity contribution is -0.144. The van der Waals surface area contributed by atoms with Crippen LogP contribution in [0, 0.1) is 0 Å². The fourth-order valence-electron chi connectivity index (χ4n) is 1.25. The molecule has 0 rings (SSSR count). The average Bonchev–Trinajstić information content (AvgIpc) is 2.14. The number of urea groups is 1. The Balaban J connectivity index is 4.35. The number of aliphatic carboxylic acids is 1. The van der Waals surface area contributed by atoms with E-state index in [0.29, 0.717) is 19.4 Å². The highest BCUT2D eigenvalue weighted by atomic mass is 16.4. The Morgan fingerprint density at radius 2 is 2.00 bits per heavy atom. The van der Waals surface area contributed by atoms with Gasteiger partial charge >= 0.3 is 12.0 Å². The Bertz CT molecular complexity index is 289. The molecule has 0 aliphatic carbocycles. The smallest absolute Gasteiger partial charge is 0.329 e. The van der Waals surface area contributed by atoms with Gasteiger partial charge in [-0.2, -0.15) is 0 Å². The van der Waals surface area contributed by atoms with Crippen LogP contribution in [0.15, 0.2) is 12.2 Å². The lowest BCUT2D eigenvalue weighted by atomic mass is 9.97. The Kier molecular flexibility index (Phi) is 5.56. The Morgan fingerprint density at radius 3 is 2.38 bits per heavy atom. The van der Waals surface area contributed by atoms with Gasteiger partial charge in [-0.05, 0) is 20.3 Å². The summed E-state index contributed by atoms with van der Waals surface area (Å²) in [5.74, 6) is -1.03. The van der Waals surface area contributed by atoms with Crippen LogP contribution >= 0.6 is 0 Å². The highest BCUT2D eigenvalue weighted by Crippen LogP contribution is 2.12. The third-order valence-electron chi connectivity index (χ3n) is 2.16. The molecule has 0 aromatic carbocycles. The molecule has 0 saturated carbocycles. The van der Waals surface area contributed by atoms with Crippen molar-refractivity contribution >= 4 is 12.0 Å². The zero-order valence-electron chi connectivity index (χ0n) is 10.1. The maximum Gasteiger partial charge on any atom is 0.329 e. The van der Waals surface area contributed by atoms with Crippen LogP contribution in [-0.2, 0) is 4.79 Å². The van der Waals surface area contributed by atoms with Gasteiger partial charge in [-0.1, -0.05) is 25.5 Å². The van der Waals surface area contributed by atoms with Gasteiger partial charge in [-0.15, -0.1) is 0 Å². The molecule has 0 heterocycles. The number of carbonyl (C=O) groups excluding carboxylic acids is 1. The van der Waals surface area contributed by atoms with E-state index in [1.54, 1.807) is 6.92 Å². The first-order valence-electron chi connectivity index (χ1n) is 5.25. The minimum absolute atomic E-state index is 0.341. The summed E-state index contributed by atoms with van der Waals surface area (Å²) in [4.78, 5) is 22.4. The molecule has 0 radical (unpaired) electrons. The van der Waals surface area contributed by atoms with Gasteiger partial charge in [-0.3, -0.25) is 0 Å². The van der Waals surface area contributed by atoms with E-state index in [0.717, 1.165) is 5.57 Å². The van der Waals surface area contributed by atoms with Gasteiger partial charge < -0.3 is 15.7 Å². The van der Waals surface area contributed by atoms with E-state index in [1.165, 1.54) is 6.92 Å². The lowest BCUT2D eigenvalue weighted by Crippen LogP contribution is -2.55. The van der Waals surface area contributed by atoms with Crippen molar-refractivity contribution in [2.45, 2.75) is 39.2 Å². The number of rotatable bonds is 6. The third kappa shape index (κ3) is 4.82. The topological polar surface area (TPSA) is 78.4 Å². The molecular formula is C11H20N2O3. The van der Waals surface area contributed by atoms with Gasteiger partial charge in [-0.25, -0.2) is 9.59 Å². The van der Waals surface area contributed by atoms with E-state index >= 15 is 0 Å². The first kappa shape index (κ1) is 14.5. The van der Waals surface area contributed by atoms with E-state index in [1.807, 2.05) is 6.92 Å². The Labute approximate surface area is 95.9 Å². The quantitative estimate of drug-likeness (QED) is 0.603. The number of carbonyl (C=O) groups is 2. The number of hydrogen-bond donors (Lipinski definition) is 3. The average molecular weight is 228 g/mol. The van der Waals surface area contributed by atoms with Crippen LogP contribution < -0.4 is 10.6 Å². The number of carboxylic acids is 1. The third-order valence-corrected chi connectivity index (χ3v) is 2.16. The van der Waals surface area contributed by atoms with E-state index in [2.05, 4.69) is 17.2 Å². The normalized spacial score (nSPS) is 13.7. The second-order valence-corrected chi connectivity index (χ2v) is 4.15. The first-order valence-corrected chi connectivity index (χ1v) is 5.25. The van der Waals surface area contributed by atoms with Gasteiger partial charge in [0, 0.05) is 6.54 Å². The maximum absolute atomic E-state index is 11.4. The minimum atomic E-state index is -1.21. The van der Waals surface area contributed by atoms with Crippen LogP contribution in [0.5, 0.6) is 0 Å². The lowest BCUT2D eigenvalue weighted by Gasteiger charge is -2.25. The molecule has 3 N–H and O–H groups in total. The van der Waals surface area contributed by atoms with Crippen LogP contribution in [-0.4, -0.2) is 29.2 Å². The standard InChI is InChI=1S/C11H20N2O3/c1-5-6-11(4,9(14)15)13-10(16)12-7-8(2)3/h2,5-7H2,1,3-4H3,(H,14,15)(H2,12,13,16). The second kappa shape index (κ2) is 6.15. The van der Waals surface area contributed by atoms with Crippen molar-refractivity contribution in [3.63, 3.8) is 0 Å². The monoisotopic (exact) mass is 228 g/mol. The highest BCUT2D eigenvalue weighted by Gasteiger charge is 2.33. The van der Waals surface area contributed by atoms with E-state index in [-0.39, 0.29) is 0 Å². The molecule has 1 atom stereocenters. The Morgan fingerprint density at radius 1 is 1.44 bits per heavy atom. The van der Waals surface area contributed by atoms with Crippen molar-refractivity contribution in [2.75, 3.05) is 6.54 Å². The van der Waals surface area contributed by atoms with E-state index < -0.39 is 17.5 Å². The molecule has 0 aliphatic heterocycles. The summed E-state index contributed by atoms with van der Waals surface area (Å²) in [5, 5.41) is 14.0. The molecule has 0 aliphatic rings. The molecule has 16 heavy (non-hydrogen) atoms. The second-order valence-electron chi connectivity index (χ2n) is 4.15. The molecule has 0 saturated heterocycles. The maximum atomic E-state index is 11.4. The molecule has 1 unspecified atom stereocenters. The summed E-state index contributed by atoms with van der Waals surface area (Å²) >= 11 is 0. The van der Waals surface area contributed by atoms with Gasteiger partial charge in [0.2, 0.25) is 0 Å². The van der Waals surface area contributed by atoms with Crippen molar-refractivity contribution in [3.8, 4) is 0 Å². The summed E-state index contributed by atoms with van der Waals surface area (Å²) in [7, 11) is 0. The van der Waals surface area contributed by atoms with Crippen molar-refractivity contribution in [1.82, 2.24) is 10.6 Å². The van der Waals surface area contributed by atoms with Crippen LogP contribution in [0.4, 0.5) is 4.79 Å². The molecule has 5 heteroatoms. The molecule has 0 spiro atoms. The number of carboxylic acid groups (broad SMARTS) is 1. The molecule has 0 aromatic heterocycles. The number of nitrogens with one attached hydrogen (secondary N) is 2. The highest BCUT2D eigenvalue weighted by molar-refractivity contribution is 5.85. The van der Waals surface area contributed by atoms with Gasteiger partial charge in [0.1, 0.15) is 5.54 Å². The summed E-state index contributed by atoms with van der Waals surface area (Å²) in [6, 6.07) is -0.485. The SMILES string of the molecule is C=C(C)CNC(=O)NC(C)(CCC)C(=O)O. The van der Waals surface area contributed by atoms with Crippen LogP contribution in [0.2, 0.25) is 0 Å².